The third-order valence-corrected chi connectivity index (χ3v) is 12.4. The van der Waals surface area contributed by atoms with E-state index in [2.05, 4.69) is 36.5 Å². The van der Waals surface area contributed by atoms with E-state index >= 15 is 0 Å². The Bertz CT molecular complexity index is 1670. The number of hydrogen-bond acceptors (Lipinski definition) is 11. The van der Waals surface area contributed by atoms with Gasteiger partial charge in [-0.05, 0) is 62.5 Å². The molecule has 1 heterocycles. The molecule has 4 N–H and O–H groups in total. The Balaban J connectivity index is 0.0000145. The van der Waals surface area contributed by atoms with Gasteiger partial charge in [0.25, 0.3) is 5.91 Å². The number of unbranched alkanes of at least 4 members (excludes halogenated alkanes) is 19. The van der Waals surface area contributed by atoms with E-state index in [-0.39, 0.29) is 59.9 Å². The minimum atomic E-state index is -5.19. The molecule has 2 aromatic carbocycles. The van der Waals surface area contributed by atoms with Gasteiger partial charge in [-0.15, -0.1) is 0 Å². The van der Waals surface area contributed by atoms with Crippen LogP contribution in [-0.2, 0) is 56.0 Å². The standard InChI is InChI=1S/C50H79NO12S.Ca.2H/c1-2-3-4-5-6-7-8-9-16-27-36-42(60-44(53)37-28-17-12-10-14-21-30-40-32-23-19-24-33-40)49(55)51-46-48(47(63-64(57,58)59)43(39-52)61-50(46)56)62-45(54)38-29-18-13-11-15-22-31-41-34-25-20-26-35-41;;;/h19-20,23-26,32-35,42-43,46-48,50,52,56H,2-18,21-22,27-31,36-39H2,1H3,(H,51,55)(H,57,58,59);;;/q;+2;2*-1/t42?,43-,46-,47-,48-,50?;;;/m1.../s1. The third kappa shape index (κ3) is 26.8. The molecule has 366 valence electrons. The van der Waals surface area contributed by atoms with E-state index in [1.165, 1.54) is 43.2 Å². The molecular weight excluding hydrogens is 879 g/mol. The first-order valence-electron chi connectivity index (χ1n) is 24.4. The minimum absolute atomic E-state index is 0. The molecule has 2 unspecified atom stereocenters. The zero-order chi connectivity index (χ0) is 46.3. The first-order valence-corrected chi connectivity index (χ1v) is 25.7. The van der Waals surface area contributed by atoms with Gasteiger partial charge in [-0.3, -0.25) is 18.9 Å². The van der Waals surface area contributed by atoms with E-state index in [0.29, 0.717) is 19.3 Å². The van der Waals surface area contributed by atoms with Gasteiger partial charge in [-0.2, -0.15) is 8.42 Å². The number of esters is 2. The molecule has 1 aliphatic heterocycles. The smallest absolute Gasteiger partial charge is 1.00 e. The number of ether oxygens (including phenoxy) is 3. The van der Waals surface area contributed by atoms with Crippen LogP contribution >= 0.6 is 0 Å². The van der Waals surface area contributed by atoms with Crippen molar-refractivity contribution in [3.05, 3.63) is 71.8 Å². The minimum Gasteiger partial charge on any atom is -1.00 e. The summed E-state index contributed by atoms with van der Waals surface area (Å²) in [6.07, 6.45) is 15.6. The van der Waals surface area contributed by atoms with Crippen LogP contribution < -0.4 is 5.32 Å². The second-order valence-electron chi connectivity index (χ2n) is 17.4. The third-order valence-electron chi connectivity index (χ3n) is 11.9. The maximum atomic E-state index is 14.0. The van der Waals surface area contributed by atoms with Gasteiger partial charge >= 0.3 is 60.1 Å². The largest absolute Gasteiger partial charge is 2.00 e. The number of aliphatic hydroxyl groups excluding tert-OH is 2. The number of carbonyl (C=O) groups excluding carboxylic acids is 3. The van der Waals surface area contributed by atoms with Gasteiger partial charge in [0.1, 0.15) is 18.2 Å². The zero-order valence-electron chi connectivity index (χ0n) is 41.2. The second-order valence-corrected chi connectivity index (χ2v) is 18.4. The van der Waals surface area contributed by atoms with Gasteiger partial charge in [0.15, 0.2) is 18.5 Å². The quantitative estimate of drug-likeness (QED) is 0.0219. The van der Waals surface area contributed by atoms with E-state index in [9.17, 15) is 37.6 Å². The molecule has 3 rings (SSSR count). The summed E-state index contributed by atoms with van der Waals surface area (Å²) in [5.41, 5.74) is 2.62. The molecule has 1 amide bonds. The number of hydrogen-bond donors (Lipinski definition) is 4. The van der Waals surface area contributed by atoms with Crippen LogP contribution in [0.3, 0.4) is 0 Å². The summed E-state index contributed by atoms with van der Waals surface area (Å²) < 4.78 is 55.4. The number of amides is 1. The monoisotopic (exact) mass is 960 g/mol. The van der Waals surface area contributed by atoms with Crippen molar-refractivity contribution in [3.63, 3.8) is 0 Å². The Morgan fingerprint density at radius 3 is 1.58 bits per heavy atom. The number of rotatable bonds is 36. The summed E-state index contributed by atoms with van der Waals surface area (Å²) in [7, 11) is -5.19. The molecule has 6 atom stereocenters. The van der Waals surface area contributed by atoms with Gasteiger partial charge in [-0.1, -0.05) is 177 Å². The first kappa shape index (κ1) is 59.0. The summed E-state index contributed by atoms with van der Waals surface area (Å²) >= 11 is 0. The van der Waals surface area contributed by atoms with Gasteiger partial charge < -0.3 is 32.6 Å². The van der Waals surface area contributed by atoms with Crippen molar-refractivity contribution in [1.82, 2.24) is 5.32 Å². The Kier molecular flexibility index (Phi) is 32.6. The van der Waals surface area contributed by atoms with Crippen molar-refractivity contribution in [2.75, 3.05) is 6.61 Å². The molecule has 0 saturated carbocycles. The molecule has 1 aliphatic rings. The van der Waals surface area contributed by atoms with Gasteiger partial charge in [0, 0.05) is 12.8 Å². The van der Waals surface area contributed by atoms with E-state index in [1.54, 1.807) is 0 Å². The molecule has 0 spiro atoms. The van der Waals surface area contributed by atoms with Crippen LogP contribution in [0.25, 0.3) is 0 Å². The van der Waals surface area contributed by atoms with Crippen molar-refractivity contribution in [2.45, 2.75) is 217 Å². The van der Waals surface area contributed by atoms with E-state index in [4.69, 9.17) is 18.4 Å². The van der Waals surface area contributed by atoms with Crippen LogP contribution in [0.15, 0.2) is 60.7 Å². The van der Waals surface area contributed by atoms with Crippen LogP contribution in [0.4, 0.5) is 0 Å². The normalized spacial score (nSPS) is 18.9. The second kappa shape index (κ2) is 35.9. The molecular formula is C50H81CaNO12S. The number of benzene rings is 2. The number of aryl methyl sites for hydroxylation is 2. The van der Waals surface area contributed by atoms with Crippen LogP contribution in [0, 0.1) is 0 Å². The molecule has 15 heteroatoms. The summed E-state index contributed by atoms with van der Waals surface area (Å²) in [4.78, 5) is 40.4. The maximum absolute atomic E-state index is 14.0. The molecule has 65 heavy (non-hydrogen) atoms. The fourth-order valence-corrected chi connectivity index (χ4v) is 8.78. The first-order chi connectivity index (χ1) is 31.0. The average molecular weight is 960 g/mol. The van der Waals surface area contributed by atoms with Crippen LogP contribution in [-0.4, -0.2) is 122 Å². The number of nitrogens with one attached hydrogen (secondary N) is 1. The molecule has 0 aliphatic carbocycles. The number of carbonyl (C=O) groups is 3. The summed E-state index contributed by atoms with van der Waals surface area (Å²) in [6, 6.07) is 19.0. The van der Waals surface area contributed by atoms with Crippen molar-refractivity contribution >= 4 is 66.0 Å². The number of aliphatic hydroxyl groups is 2. The summed E-state index contributed by atoms with van der Waals surface area (Å²) in [5, 5.41) is 23.7. The molecule has 2 aromatic rings. The molecule has 1 saturated heterocycles. The summed E-state index contributed by atoms with van der Waals surface area (Å²) in [5.74, 6) is -2.09. The Hall–Kier alpha value is -2.14. The Labute approximate surface area is 422 Å². The molecule has 0 radical (unpaired) electrons. The van der Waals surface area contributed by atoms with Crippen molar-refractivity contribution in [3.8, 4) is 0 Å². The summed E-state index contributed by atoms with van der Waals surface area (Å²) in [6.45, 7) is 1.32. The van der Waals surface area contributed by atoms with E-state index in [1.807, 2.05) is 36.4 Å². The van der Waals surface area contributed by atoms with Gasteiger partial charge in [0.2, 0.25) is 0 Å². The zero-order valence-corrected chi connectivity index (χ0v) is 42.2. The predicted molar refractivity (Wildman–Crippen MR) is 255 cm³/mol. The molecule has 0 bridgehead atoms. The van der Waals surface area contributed by atoms with Crippen LogP contribution in [0.5, 0.6) is 0 Å². The van der Waals surface area contributed by atoms with E-state index < -0.39 is 71.6 Å². The maximum Gasteiger partial charge on any atom is 2.00 e. The average Bonchev–Trinajstić information content (AvgIpc) is 3.27. The van der Waals surface area contributed by atoms with Crippen molar-refractivity contribution < 1.29 is 58.8 Å². The van der Waals surface area contributed by atoms with Crippen molar-refractivity contribution in [2.24, 2.45) is 0 Å². The SMILES string of the molecule is CCCCCCCCCCCCC(OC(=O)CCCCCCCCc1ccccc1)C(=O)N[C@H]1C(O)O[C@H](CO)[C@@H](OS(=O)(=O)O)[C@@H]1OC(=O)CCCCCCCCc1ccccc1.[Ca+2].[H-].[H-]. The van der Waals surface area contributed by atoms with E-state index in [0.717, 1.165) is 103 Å². The fourth-order valence-electron chi connectivity index (χ4n) is 8.26. The van der Waals surface area contributed by atoms with Crippen LogP contribution in [0.1, 0.15) is 181 Å². The van der Waals surface area contributed by atoms with Crippen LogP contribution in [0.2, 0.25) is 0 Å². The molecule has 13 nitrogen and oxygen atoms in total. The Morgan fingerprint density at radius 1 is 0.662 bits per heavy atom. The Morgan fingerprint density at radius 2 is 1.11 bits per heavy atom. The molecule has 1 fully saturated rings. The van der Waals surface area contributed by atoms with Crippen molar-refractivity contribution in [1.29, 1.82) is 0 Å². The predicted octanol–water partition coefficient (Wildman–Crippen LogP) is 9.29. The van der Waals surface area contributed by atoms with Gasteiger partial charge in [0.05, 0.1) is 6.61 Å². The van der Waals surface area contributed by atoms with Gasteiger partial charge in [-0.25, -0.2) is 4.18 Å². The fraction of sp³-hybridized carbons (Fsp3) is 0.700. The topological polar surface area (TPSA) is 195 Å². The molecule has 0 aromatic heterocycles.